The van der Waals surface area contributed by atoms with Gasteiger partial charge in [-0.1, -0.05) is 24.3 Å². The highest BCUT2D eigenvalue weighted by Crippen LogP contribution is 2.29. The molecule has 0 saturated heterocycles. The Morgan fingerprint density at radius 2 is 0.981 bits per heavy atom. The van der Waals surface area contributed by atoms with Crippen LogP contribution in [0.15, 0.2) is 48.5 Å². The second-order valence-electron chi connectivity index (χ2n) is 11.4. The summed E-state index contributed by atoms with van der Waals surface area (Å²) in [4.78, 5) is 42.1. The van der Waals surface area contributed by atoms with Gasteiger partial charge in [-0.15, -0.1) is 0 Å². The van der Waals surface area contributed by atoms with Gasteiger partial charge >= 0.3 is 18.3 Å². The average molecular weight is 756 g/mol. The number of nitrogens with zero attached hydrogens (tertiary/aromatic N) is 5. The minimum atomic E-state index is -2.38. The first-order valence-corrected chi connectivity index (χ1v) is 15.6. The van der Waals surface area contributed by atoms with Crippen molar-refractivity contribution >= 4 is 18.3 Å². The van der Waals surface area contributed by atoms with Gasteiger partial charge in [-0.25, -0.2) is 27.6 Å². The van der Waals surface area contributed by atoms with Gasteiger partial charge in [0.2, 0.25) is 34.8 Å². The van der Waals surface area contributed by atoms with Crippen molar-refractivity contribution in [3.63, 3.8) is 0 Å². The third kappa shape index (κ3) is 16.1. The van der Waals surface area contributed by atoms with Gasteiger partial charge in [-0.3, -0.25) is 0 Å². The first kappa shape index (κ1) is 45.5. The number of hydrogen-bond acceptors (Lipinski definition) is 11. The molecule has 0 aromatic heterocycles. The SMILES string of the molecule is CC#N.CN(C)CCN(C)C(=O)Oc1ccc(CO)cc1.CN(C)CCN(C)C(=O)Oc1ccc(COC(=O)Oc2c(F)c(F)c(F)c(F)c2F)cc1. The third-order valence-corrected chi connectivity index (χ3v) is 6.54. The van der Waals surface area contributed by atoms with Crippen molar-refractivity contribution in [2.45, 2.75) is 20.1 Å². The number of benzene rings is 3. The van der Waals surface area contributed by atoms with E-state index in [1.807, 2.05) is 38.0 Å². The molecule has 0 aliphatic heterocycles. The number of carbonyl (C=O) groups excluding carboxylic acids is 3. The maximum absolute atomic E-state index is 13.5. The van der Waals surface area contributed by atoms with E-state index in [-0.39, 0.29) is 18.4 Å². The van der Waals surface area contributed by atoms with Crippen LogP contribution in [-0.4, -0.2) is 112 Å². The van der Waals surface area contributed by atoms with Crippen LogP contribution in [0, 0.1) is 40.4 Å². The van der Waals surface area contributed by atoms with Crippen LogP contribution in [0.4, 0.5) is 36.3 Å². The molecule has 1 N–H and O–H groups in total. The van der Waals surface area contributed by atoms with Crippen LogP contribution in [0.5, 0.6) is 17.2 Å². The molecule has 2 amide bonds. The van der Waals surface area contributed by atoms with Gasteiger partial charge in [0.25, 0.3) is 0 Å². The number of amides is 2. The molecular formula is C35H42F5N5O8. The highest BCUT2D eigenvalue weighted by molar-refractivity contribution is 5.71. The molecule has 0 fully saturated rings. The molecule has 18 heteroatoms. The molecule has 3 aromatic rings. The number of aliphatic hydroxyl groups excluding tert-OH is 1. The number of halogens is 5. The Bertz CT molecular complexity index is 1640. The zero-order valence-corrected chi connectivity index (χ0v) is 30.3. The maximum Gasteiger partial charge on any atom is 0.514 e. The number of likely N-dealkylation sites (N-methyl/N-ethyl adjacent to an activating group) is 4. The van der Waals surface area contributed by atoms with Crippen molar-refractivity contribution in [3.05, 3.63) is 88.7 Å². The fourth-order valence-electron chi connectivity index (χ4n) is 3.49. The van der Waals surface area contributed by atoms with Crippen LogP contribution in [0.25, 0.3) is 0 Å². The van der Waals surface area contributed by atoms with E-state index >= 15 is 0 Å². The minimum absolute atomic E-state index is 0.0169. The molecule has 3 aromatic carbocycles. The van der Waals surface area contributed by atoms with Gasteiger partial charge in [0.15, 0.2) is 0 Å². The van der Waals surface area contributed by atoms with Gasteiger partial charge in [-0.2, -0.15) is 14.0 Å². The number of hydrogen-bond donors (Lipinski definition) is 1. The summed E-state index contributed by atoms with van der Waals surface area (Å²) in [6, 6.07) is 14.2. The fraction of sp³-hybridized carbons (Fsp3) is 0.371. The number of ether oxygens (including phenoxy) is 4. The van der Waals surface area contributed by atoms with E-state index in [2.05, 4.69) is 9.47 Å². The molecule has 290 valence electrons. The molecule has 0 aliphatic rings. The lowest BCUT2D eigenvalue weighted by atomic mass is 10.2. The summed E-state index contributed by atoms with van der Waals surface area (Å²) in [6.45, 7) is 3.45. The molecule has 0 atom stereocenters. The van der Waals surface area contributed by atoms with E-state index in [9.17, 15) is 36.3 Å². The predicted molar refractivity (Wildman–Crippen MR) is 182 cm³/mol. The van der Waals surface area contributed by atoms with Crippen LogP contribution in [0.3, 0.4) is 0 Å². The monoisotopic (exact) mass is 755 g/mol. The Labute approximate surface area is 304 Å². The lowest BCUT2D eigenvalue weighted by molar-refractivity contribution is 0.0887. The summed E-state index contributed by atoms with van der Waals surface area (Å²) in [5.74, 6) is -12.6. The summed E-state index contributed by atoms with van der Waals surface area (Å²) in [6.07, 6.45) is -2.65. The number of rotatable bonds is 12. The van der Waals surface area contributed by atoms with Crippen molar-refractivity contribution in [3.8, 4) is 23.3 Å². The van der Waals surface area contributed by atoms with E-state index in [1.165, 1.54) is 41.0 Å². The van der Waals surface area contributed by atoms with Crippen LogP contribution in [0.1, 0.15) is 18.1 Å². The van der Waals surface area contributed by atoms with Gasteiger partial charge < -0.3 is 43.7 Å². The first-order valence-electron chi connectivity index (χ1n) is 15.6. The van der Waals surface area contributed by atoms with Crippen molar-refractivity contribution in [2.75, 3.05) is 68.5 Å². The first-order chi connectivity index (χ1) is 24.9. The Morgan fingerprint density at radius 3 is 1.34 bits per heavy atom. The topological polar surface area (TPSA) is 145 Å². The second kappa shape index (κ2) is 23.1. The normalized spacial score (nSPS) is 10.2. The number of carbonyl (C=O) groups is 3. The lowest BCUT2D eigenvalue weighted by Gasteiger charge is -2.19. The minimum Gasteiger partial charge on any atom is -0.429 e. The molecule has 0 saturated carbocycles. The lowest BCUT2D eigenvalue weighted by Crippen LogP contribution is -2.35. The summed E-state index contributed by atoms with van der Waals surface area (Å²) in [7, 11) is 10.9. The highest BCUT2D eigenvalue weighted by Gasteiger charge is 2.29. The zero-order chi connectivity index (χ0) is 40.2. The molecule has 0 bridgehead atoms. The van der Waals surface area contributed by atoms with Crippen LogP contribution in [0.2, 0.25) is 0 Å². The smallest absolute Gasteiger partial charge is 0.429 e. The van der Waals surface area contributed by atoms with Crippen LogP contribution < -0.4 is 14.2 Å². The number of aliphatic hydroxyl groups is 1. The maximum atomic E-state index is 13.5. The molecule has 13 nitrogen and oxygen atoms in total. The van der Waals surface area contributed by atoms with Gasteiger partial charge in [0, 0.05) is 47.2 Å². The van der Waals surface area contributed by atoms with Gasteiger partial charge in [0.1, 0.15) is 18.1 Å². The summed E-state index contributed by atoms with van der Waals surface area (Å²) in [5, 5.41) is 16.2. The van der Waals surface area contributed by atoms with Crippen molar-refractivity contribution < 1.29 is 60.4 Å². The van der Waals surface area contributed by atoms with Crippen molar-refractivity contribution in [2.24, 2.45) is 0 Å². The molecule has 0 aliphatic carbocycles. The van der Waals surface area contributed by atoms with E-state index in [1.54, 1.807) is 44.4 Å². The van der Waals surface area contributed by atoms with Crippen molar-refractivity contribution in [1.29, 1.82) is 5.26 Å². The average Bonchev–Trinajstić information content (AvgIpc) is 3.13. The summed E-state index contributed by atoms with van der Waals surface area (Å²) in [5.41, 5.74) is 1.15. The van der Waals surface area contributed by atoms with Crippen molar-refractivity contribution in [1.82, 2.24) is 19.6 Å². The molecule has 0 unspecified atom stereocenters. The predicted octanol–water partition coefficient (Wildman–Crippen LogP) is 5.79. The summed E-state index contributed by atoms with van der Waals surface area (Å²) >= 11 is 0. The quantitative estimate of drug-likeness (QED) is 0.0789. The second-order valence-corrected chi connectivity index (χ2v) is 11.4. The number of nitriles is 1. The molecule has 53 heavy (non-hydrogen) atoms. The molecule has 0 radical (unpaired) electrons. The van der Waals surface area contributed by atoms with Crippen LogP contribution >= 0.6 is 0 Å². The molecule has 3 rings (SSSR count). The fourth-order valence-corrected chi connectivity index (χ4v) is 3.49. The molecular weight excluding hydrogens is 713 g/mol. The molecule has 0 heterocycles. The van der Waals surface area contributed by atoms with Gasteiger partial charge in [-0.05, 0) is 63.6 Å². The van der Waals surface area contributed by atoms with E-state index in [0.717, 1.165) is 12.1 Å². The molecule has 0 spiro atoms. The Morgan fingerprint density at radius 1 is 0.623 bits per heavy atom. The van der Waals surface area contributed by atoms with Crippen LogP contribution in [-0.2, 0) is 18.0 Å². The van der Waals surface area contributed by atoms with E-state index < -0.39 is 53.7 Å². The highest BCUT2D eigenvalue weighted by atomic mass is 19.2. The van der Waals surface area contributed by atoms with E-state index in [0.29, 0.717) is 30.9 Å². The Balaban J connectivity index is 0.000000563. The van der Waals surface area contributed by atoms with E-state index in [4.69, 9.17) is 19.8 Å². The zero-order valence-electron chi connectivity index (χ0n) is 30.3. The Hall–Kier alpha value is -5.51. The largest absolute Gasteiger partial charge is 0.514 e. The Kier molecular flexibility index (Phi) is 19.9. The van der Waals surface area contributed by atoms with Gasteiger partial charge in [0.05, 0.1) is 12.7 Å². The third-order valence-electron chi connectivity index (χ3n) is 6.54. The summed E-state index contributed by atoms with van der Waals surface area (Å²) < 4.78 is 85.4. The standard InChI is InChI=1S/C20H19F5N2O5.C13H20N2O3.C2H3N/c1-26(2)8-9-27(3)19(28)31-12-6-4-11(5-7-12)10-30-20(29)32-18-16(24)14(22)13(21)15(23)17(18)25;1-14(2)8-9-15(3)13(17)18-12-6-4-11(10-16)5-7-12;1-2-3/h4-7H,8-10H2,1-3H3;4-7,16H,8-10H2,1-3H3;1H3.